The minimum atomic E-state index is -0.847. The van der Waals surface area contributed by atoms with E-state index in [1.165, 1.54) is 11.8 Å². The number of amides is 3. The van der Waals surface area contributed by atoms with E-state index in [4.69, 9.17) is 5.73 Å². The predicted molar refractivity (Wildman–Crippen MR) is 86.0 cm³/mol. The number of thioether (sulfide) groups is 1. The van der Waals surface area contributed by atoms with Crippen LogP contribution in [0.4, 0.5) is 4.79 Å². The van der Waals surface area contributed by atoms with Crippen LogP contribution in [0, 0.1) is 0 Å². The molecule has 0 unspecified atom stereocenters. The maximum atomic E-state index is 11.6. The Hall–Kier alpha value is -2.35. The van der Waals surface area contributed by atoms with Crippen LogP contribution in [0.25, 0.3) is 0 Å². The van der Waals surface area contributed by atoms with Gasteiger partial charge in [0.25, 0.3) is 0 Å². The zero-order valence-electron chi connectivity index (χ0n) is 12.4. The normalized spacial score (nSPS) is 13.7. The average Bonchev–Trinajstić information content (AvgIpc) is 3.28. The Morgan fingerprint density at radius 1 is 1.26 bits per heavy atom. The van der Waals surface area contributed by atoms with Gasteiger partial charge < -0.3 is 10.3 Å². The number of urea groups is 1. The minimum absolute atomic E-state index is 0.0700. The summed E-state index contributed by atoms with van der Waals surface area (Å²) in [6, 6.07) is 9.20. The van der Waals surface area contributed by atoms with Crippen molar-refractivity contribution in [1.29, 1.82) is 0 Å². The van der Waals surface area contributed by atoms with Crippen molar-refractivity contribution in [3.63, 3.8) is 0 Å². The fourth-order valence-electron chi connectivity index (χ4n) is 2.27. The van der Waals surface area contributed by atoms with Gasteiger partial charge in [0.05, 0.1) is 12.3 Å². The molecule has 0 radical (unpaired) electrons. The number of benzene rings is 1. The first-order valence-electron chi connectivity index (χ1n) is 7.32. The number of imide groups is 1. The van der Waals surface area contributed by atoms with E-state index in [2.05, 4.69) is 14.8 Å². The standard InChI is InChI=1S/C15H17N5O2S/c16-14(22)17-12(21)9-23-15-19-18-13(11-6-7-11)20(15)8-10-4-2-1-3-5-10/h1-5,11H,6-9H2,(H3,16,17,21,22). The zero-order valence-corrected chi connectivity index (χ0v) is 13.3. The third-order valence-corrected chi connectivity index (χ3v) is 4.43. The molecule has 0 atom stereocenters. The van der Waals surface area contributed by atoms with E-state index >= 15 is 0 Å². The SMILES string of the molecule is NC(=O)NC(=O)CSc1nnc(C2CC2)n1Cc1ccccc1. The maximum Gasteiger partial charge on any atom is 0.318 e. The van der Waals surface area contributed by atoms with Crippen LogP contribution in [-0.2, 0) is 11.3 Å². The quantitative estimate of drug-likeness (QED) is 0.781. The number of carbonyl (C=O) groups is 2. The molecule has 0 bridgehead atoms. The Morgan fingerprint density at radius 3 is 2.65 bits per heavy atom. The van der Waals surface area contributed by atoms with Gasteiger partial charge in [-0.1, -0.05) is 42.1 Å². The van der Waals surface area contributed by atoms with Crippen LogP contribution in [0.15, 0.2) is 35.5 Å². The minimum Gasteiger partial charge on any atom is -0.351 e. The summed E-state index contributed by atoms with van der Waals surface area (Å²) in [5.74, 6) is 1.05. The number of hydrogen-bond donors (Lipinski definition) is 2. The maximum absolute atomic E-state index is 11.6. The molecule has 1 aliphatic carbocycles. The highest BCUT2D eigenvalue weighted by Gasteiger charge is 2.30. The molecule has 1 aromatic heterocycles. The molecule has 1 fully saturated rings. The third kappa shape index (κ3) is 4.10. The molecule has 1 aromatic carbocycles. The Kier molecular flexibility index (Phi) is 4.61. The summed E-state index contributed by atoms with van der Waals surface area (Å²) < 4.78 is 2.05. The summed E-state index contributed by atoms with van der Waals surface area (Å²) in [7, 11) is 0. The molecule has 0 aliphatic heterocycles. The molecule has 1 saturated carbocycles. The fourth-order valence-corrected chi connectivity index (χ4v) is 3.01. The molecule has 0 saturated heterocycles. The van der Waals surface area contributed by atoms with E-state index in [1.807, 2.05) is 35.6 Å². The first-order valence-corrected chi connectivity index (χ1v) is 8.31. The lowest BCUT2D eigenvalue weighted by atomic mass is 10.2. The van der Waals surface area contributed by atoms with Gasteiger partial charge in [-0.3, -0.25) is 10.1 Å². The second kappa shape index (κ2) is 6.82. The molecule has 2 aromatic rings. The second-order valence-electron chi connectivity index (χ2n) is 5.39. The van der Waals surface area contributed by atoms with Crippen molar-refractivity contribution >= 4 is 23.7 Å². The molecule has 1 aliphatic rings. The molecule has 1 heterocycles. The van der Waals surface area contributed by atoms with Crippen molar-refractivity contribution in [2.24, 2.45) is 5.73 Å². The monoisotopic (exact) mass is 331 g/mol. The first kappa shape index (κ1) is 15.5. The molecule has 23 heavy (non-hydrogen) atoms. The van der Waals surface area contributed by atoms with Crippen LogP contribution >= 0.6 is 11.8 Å². The first-order chi connectivity index (χ1) is 11.1. The summed E-state index contributed by atoms with van der Waals surface area (Å²) in [4.78, 5) is 22.2. The van der Waals surface area contributed by atoms with Crippen molar-refractivity contribution in [2.45, 2.75) is 30.5 Å². The largest absolute Gasteiger partial charge is 0.351 e. The number of rotatable bonds is 6. The van der Waals surface area contributed by atoms with Crippen molar-refractivity contribution in [3.8, 4) is 0 Å². The zero-order chi connectivity index (χ0) is 16.2. The lowest BCUT2D eigenvalue weighted by molar-refractivity contribution is -0.117. The van der Waals surface area contributed by atoms with Gasteiger partial charge in [-0.25, -0.2) is 4.79 Å². The lowest BCUT2D eigenvalue weighted by Crippen LogP contribution is -2.36. The van der Waals surface area contributed by atoms with E-state index in [0.717, 1.165) is 24.2 Å². The predicted octanol–water partition coefficient (Wildman–Crippen LogP) is 1.49. The smallest absolute Gasteiger partial charge is 0.318 e. The molecule has 3 rings (SSSR count). The molecule has 3 N–H and O–H groups in total. The number of carbonyl (C=O) groups excluding carboxylic acids is 2. The summed E-state index contributed by atoms with van der Waals surface area (Å²) >= 11 is 1.25. The number of aromatic nitrogens is 3. The number of nitrogens with one attached hydrogen (secondary N) is 1. The van der Waals surface area contributed by atoms with Crippen LogP contribution in [0.2, 0.25) is 0 Å². The molecule has 8 heteroatoms. The van der Waals surface area contributed by atoms with E-state index in [0.29, 0.717) is 17.6 Å². The average molecular weight is 331 g/mol. The van der Waals surface area contributed by atoms with Gasteiger partial charge in [0.1, 0.15) is 5.82 Å². The number of primary amides is 1. The number of nitrogens with zero attached hydrogens (tertiary/aromatic N) is 3. The molecule has 7 nitrogen and oxygen atoms in total. The van der Waals surface area contributed by atoms with E-state index < -0.39 is 11.9 Å². The molecule has 3 amide bonds. The van der Waals surface area contributed by atoms with E-state index in [-0.39, 0.29) is 5.75 Å². The fraction of sp³-hybridized carbons (Fsp3) is 0.333. The van der Waals surface area contributed by atoms with Crippen molar-refractivity contribution in [3.05, 3.63) is 41.7 Å². The lowest BCUT2D eigenvalue weighted by Gasteiger charge is -2.09. The molecular weight excluding hydrogens is 314 g/mol. The van der Waals surface area contributed by atoms with E-state index in [1.54, 1.807) is 0 Å². The van der Waals surface area contributed by atoms with Gasteiger partial charge in [0.2, 0.25) is 5.91 Å². The van der Waals surface area contributed by atoms with Gasteiger partial charge in [-0.2, -0.15) is 0 Å². The van der Waals surface area contributed by atoms with Crippen LogP contribution in [0.5, 0.6) is 0 Å². The van der Waals surface area contributed by atoms with Crippen LogP contribution in [0.1, 0.15) is 30.1 Å². The summed E-state index contributed by atoms with van der Waals surface area (Å²) in [5, 5.41) is 11.2. The molecule has 120 valence electrons. The highest BCUT2D eigenvalue weighted by molar-refractivity contribution is 7.99. The van der Waals surface area contributed by atoms with Gasteiger partial charge in [0.15, 0.2) is 5.16 Å². The topological polar surface area (TPSA) is 103 Å². The Bertz CT molecular complexity index is 712. The third-order valence-electron chi connectivity index (χ3n) is 3.47. The Morgan fingerprint density at radius 2 is 2.00 bits per heavy atom. The number of hydrogen-bond acceptors (Lipinski definition) is 5. The summed E-state index contributed by atoms with van der Waals surface area (Å²) in [5.41, 5.74) is 6.08. The van der Waals surface area contributed by atoms with Crippen LogP contribution in [0.3, 0.4) is 0 Å². The van der Waals surface area contributed by atoms with Crippen molar-refractivity contribution in [2.75, 3.05) is 5.75 Å². The van der Waals surface area contributed by atoms with Crippen molar-refractivity contribution in [1.82, 2.24) is 20.1 Å². The Balaban J connectivity index is 1.74. The molecular formula is C15H17N5O2S. The molecule has 0 spiro atoms. The number of nitrogens with two attached hydrogens (primary N) is 1. The highest BCUT2D eigenvalue weighted by Crippen LogP contribution is 2.40. The Labute approximate surface area is 137 Å². The van der Waals surface area contributed by atoms with Crippen LogP contribution in [-0.4, -0.2) is 32.5 Å². The highest BCUT2D eigenvalue weighted by atomic mass is 32.2. The van der Waals surface area contributed by atoms with Crippen LogP contribution < -0.4 is 11.1 Å². The second-order valence-corrected chi connectivity index (χ2v) is 6.33. The summed E-state index contributed by atoms with van der Waals surface area (Å²) in [6.45, 7) is 0.666. The van der Waals surface area contributed by atoms with Gasteiger partial charge in [-0.15, -0.1) is 10.2 Å². The van der Waals surface area contributed by atoms with Gasteiger partial charge in [0, 0.05) is 5.92 Å². The van der Waals surface area contributed by atoms with Gasteiger partial charge in [-0.05, 0) is 18.4 Å². The van der Waals surface area contributed by atoms with E-state index in [9.17, 15) is 9.59 Å². The van der Waals surface area contributed by atoms with Gasteiger partial charge >= 0.3 is 6.03 Å². The van der Waals surface area contributed by atoms with Crippen molar-refractivity contribution < 1.29 is 9.59 Å². The summed E-state index contributed by atoms with van der Waals surface area (Å²) in [6.07, 6.45) is 2.25.